The molecule has 1 saturated carbocycles. The molecule has 1 N–H and O–H groups in total. The van der Waals surface area contributed by atoms with Gasteiger partial charge in [-0.25, -0.2) is 0 Å². The summed E-state index contributed by atoms with van der Waals surface area (Å²) in [7, 11) is 1.23. The van der Waals surface area contributed by atoms with Gasteiger partial charge in [0.15, 0.2) is 11.5 Å². The minimum absolute atomic E-state index is 0.00893. The van der Waals surface area contributed by atoms with E-state index in [1.165, 1.54) is 7.05 Å². The number of hydrogen-bond donors (Lipinski definition) is 1. The molecule has 0 saturated heterocycles. The summed E-state index contributed by atoms with van der Waals surface area (Å²) in [6.45, 7) is 0. The first-order valence-corrected chi connectivity index (χ1v) is 9.93. The first kappa shape index (κ1) is 20.3. The van der Waals surface area contributed by atoms with E-state index in [-0.39, 0.29) is 5.75 Å². The van der Waals surface area contributed by atoms with E-state index in [1.54, 1.807) is 18.2 Å². The van der Waals surface area contributed by atoms with Crippen molar-refractivity contribution in [2.75, 3.05) is 7.05 Å². The minimum atomic E-state index is -4.89. The number of fused-ring (bicyclic) bond motifs is 2. The van der Waals surface area contributed by atoms with E-state index in [9.17, 15) is 23.1 Å². The van der Waals surface area contributed by atoms with Crippen LogP contribution in [0, 0.1) is 0 Å². The molecule has 0 aromatic heterocycles. The zero-order valence-electron chi connectivity index (χ0n) is 16.5. The third-order valence-electron chi connectivity index (χ3n) is 5.84. The van der Waals surface area contributed by atoms with Gasteiger partial charge in [-0.2, -0.15) is 13.2 Å². The van der Waals surface area contributed by atoms with Crippen molar-refractivity contribution in [1.82, 2.24) is 4.90 Å². The summed E-state index contributed by atoms with van der Waals surface area (Å²) < 4.78 is 44.9. The molecule has 158 valence electrons. The van der Waals surface area contributed by atoms with E-state index < -0.39 is 18.1 Å². The van der Waals surface area contributed by atoms with Gasteiger partial charge in [-0.05, 0) is 43.4 Å². The number of aromatic hydroxyl groups is 1. The van der Waals surface area contributed by atoms with Crippen molar-refractivity contribution in [2.45, 2.75) is 44.3 Å². The Hall–Kier alpha value is -2.96. The zero-order chi connectivity index (χ0) is 21.5. The second-order valence-corrected chi connectivity index (χ2v) is 7.75. The van der Waals surface area contributed by atoms with Crippen LogP contribution in [0.15, 0.2) is 48.0 Å². The molecule has 4 rings (SSSR count). The quantitative estimate of drug-likeness (QED) is 0.521. The molecule has 7 heteroatoms. The summed E-state index contributed by atoms with van der Waals surface area (Å²) >= 11 is 0. The van der Waals surface area contributed by atoms with Gasteiger partial charge in [-0.3, -0.25) is 4.79 Å². The molecule has 1 atom stereocenters. The van der Waals surface area contributed by atoms with Crippen molar-refractivity contribution in [3.63, 3.8) is 0 Å². The van der Waals surface area contributed by atoms with Gasteiger partial charge in [-0.1, -0.05) is 42.3 Å². The smallest absolute Gasteiger partial charge is 0.471 e. The van der Waals surface area contributed by atoms with E-state index in [0.29, 0.717) is 36.3 Å². The molecule has 0 bridgehead atoms. The highest BCUT2D eigenvalue weighted by molar-refractivity contribution is 5.91. The largest absolute Gasteiger partial charge is 0.504 e. The number of halogens is 3. The van der Waals surface area contributed by atoms with Crippen molar-refractivity contribution < 1.29 is 27.8 Å². The van der Waals surface area contributed by atoms with Crippen LogP contribution >= 0.6 is 0 Å². The maximum Gasteiger partial charge on any atom is 0.471 e. The molecule has 1 amide bonds. The van der Waals surface area contributed by atoms with Gasteiger partial charge in [-0.15, -0.1) is 0 Å². The number of phenols is 1. The summed E-state index contributed by atoms with van der Waals surface area (Å²) in [5.41, 5.74) is 3.41. The monoisotopic (exact) mass is 417 g/mol. The average molecular weight is 417 g/mol. The Balaban J connectivity index is 1.82. The van der Waals surface area contributed by atoms with E-state index in [0.717, 1.165) is 34.5 Å². The normalized spacial score (nSPS) is 21.1. The van der Waals surface area contributed by atoms with Crippen molar-refractivity contribution >= 4 is 11.5 Å². The maximum atomic E-state index is 13.0. The minimum Gasteiger partial charge on any atom is -0.504 e. The number of carbonyl (C=O) groups excluding carboxylic acids is 1. The Kier molecular flexibility index (Phi) is 5.22. The van der Waals surface area contributed by atoms with Gasteiger partial charge in [0.25, 0.3) is 0 Å². The number of para-hydroxylation sites is 2. The topological polar surface area (TPSA) is 49.8 Å². The lowest BCUT2D eigenvalue weighted by Gasteiger charge is -2.30. The lowest BCUT2D eigenvalue weighted by molar-refractivity contribution is -0.186. The van der Waals surface area contributed by atoms with E-state index in [4.69, 9.17) is 4.74 Å². The molecule has 1 heterocycles. The molecule has 0 radical (unpaired) electrons. The zero-order valence-corrected chi connectivity index (χ0v) is 16.5. The van der Waals surface area contributed by atoms with E-state index in [2.05, 4.69) is 0 Å². The number of amides is 1. The van der Waals surface area contributed by atoms with Crippen LogP contribution in [0.1, 0.15) is 43.2 Å². The molecule has 30 heavy (non-hydrogen) atoms. The number of carbonyl (C=O) groups is 1. The maximum absolute atomic E-state index is 13.0. The molecule has 2 aromatic carbocycles. The van der Waals surface area contributed by atoms with Crippen molar-refractivity contribution in [3.8, 4) is 17.2 Å². The van der Waals surface area contributed by atoms with Crippen molar-refractivity contribution in [3.05, 3.63) is 59.2 Å². The highest BCUT2D eigenvalue weighted by Gasteiger charge is 2.43. The average Bonchev–Trinajstić information content (AvgIpc) is 2.97. The molecule has 1 aliphatic carbocycles. The van der Waals surface area contributed by atoms with Crippen LogP contribution in [-0.4, -0.2) is 35.2 Å². The number of phenolic OH excluding ortho intramolecular Hbond substituents is 1. The van der Waals surface area contributed by atoms with Crippen LogP contribution in [0.4, 0.5) is 13.2 Å². The Morgan fingerprint density at radius 2 is 1.83 bits per heavy atom. The summed E-state index contributed by atoms with van der Waals surface area (Å²) in [5, 5.41) is 10.3. The number of alkyl halides is 3. The van der Waals surface area contributed by atoms with Gasteiger partial charge in [0.1, 0.15) is 5.75 Å². The summed E-state index contributed by atoms with van der Waals surface area (Å²) in [6, 6.07) is 12.0. The van der Waals surface area contributed by atoms with Crippen LogP contribution in [0.25, 0.3) is 5.57 Å². The number of benzene rings is 2. The van der Waals surface area contributed by atoms with Crippen LogP contribution < -0.4 is 4.74 Å². The molecular weight excluding hydrogens is 395 g/mol. The molecule has 2 aromatic rings. The fourth-order valence-corrected chi connectivity index (χ4v) is 4.36. The fourth-order valence-electron chi connectivity index (χ4n) is 4.36. The molecule has 1 aliphatic heterocycles. The molecular formula is C23H22F3NO3. The predicted molar refractivity (Wildman–Crippen MR) is 106 cm³/mol. The summed E-state index contributed by atoms with van der Waals surface area (Å²) in [5.74, 6) is -0.868. The predicted octanol–water partition coefficient (Wildman–Crippen LogP) is 5.65. The SMILES string of the molecule is CN(C(=O)C(F)(F)F)C1CCCC/C(=C2\c3ccccc3Oc3c(O)cccc32)C1. The third kappa shape index (κ3) is 3.64. The second kappa shape index (κ2) is 7.70. The Labute approximate surface area is 172 Å². The van der Waals surface area contributed by atoms with Crippen LogP contribution in [0.5, 0.6) is 17.2 Å². The van der Waals surface area contributed by atoms with Crippen LogP contribution in [0.2, 0.25) is 0 Å². The lowest BCUT2D eigenvalue weighted by atomic mass is 9.86. The number of nitrogens with zero attached hydrogens (tertiary/aromatic N) is 1. The molecule has 0 spiro atoms. The Morgan fingerprint density at radius 3 is 2.60 bits per heavy atom. The second-order valence-electron chi connectivity index (χ2n) is 7.75. The molecule has 4 nitrogen and oxygen atoms in total. The number of ether oxygens (including phenoxy) is 1. The van der Waals surface area contributed by atoms with Gasteiger partial charge in [0.2, 0.25) is 0 Å². The molecule has 1 fully saturated rings. The summed E-state index contributed by atoms with van der Waals surface area (Å²) in [6.07, 6.45) is -1.76. The van der Waals surface area contributed by atoms with Gasteiger partial charge < -0.3 is 14.7 Å². The number of hydrogen-bond acceptors (Lipinski definition) is 3. The highest BCUT2D eigenvalue weighted by Crippen LogP contribution is 2.50. The van der Waals surface area contributed by atoms with Crippen LogP contribution in [-0.2, 0) is 4.79 Å². The van der Waals surface area contributed by atoms with Crippen molar-refractivity contribution in [1.29, 1.82) is 0 Å². The van der Waals surface area contributed by atoms with E-state index in [1.807, 2.05) is 24.3 Å². The van der Waals surface area contributed by atoms with Gasteiger partial charge in [0.05, 0.1) is 0 Å². The first-order chi connectivity index (χ1) is 14.3. The third-order valence-corrected chi connectivity index (χ3v) is 5.84. The highest BCUT2D eigenvalue weighted by atomic mass is 19.4. The van der Waals surface area contributed by atoms with Crippen molar-refractivity contribution in [2.24, 2.45) is 0 Å². The molecule has 2 aliphatic rings. The first-order valence-electron chi connectivity index (χ1n) is 9.93. The summed E-state index contributed by atoms with van der Waals surface area (Å²) in [4.78, 5) is 12.7. The Morgan fingerprint density at radius 1 is 1.10 bits per heavy atom. The van der Waals surface area contributed by atoms with Gasteiger partial charge >= 0.3 is 12.1 Å². The standard InChI is InChI=1S/C23H22F3NO3/c1-27(22(29)23(24,25)26)15-8-3-2-7-14(13-15)20-16-9-4-5-12-19(16)30-21-17(20)10-6-11-18(21)28/h4-6,9-12,15,28H,2-3,7-8,13H2,1H3/b20-14-. The Bertz CT molecular complexity index is 1010. The van der Waals surface area contributed by atoms with E-state index >= 15 is 0 Å². The van der Waals surface area contributed by atoms with Crippen LogP contribution in [0.3, 0.4) is 0 Å². The number of rotatable bonds is 1. The lowest BCUT2D eigenvalue weighted by Crippen LogP contribution is -2.44. The fraction of sp³-hybridized carbons (Fsp3) is 0.348. The van der Waals surface area contributed by atoms with Gasteiger partial charge in [0, 0.05) is 24.2 Å². The molecule has 1 unspecified atom stereocenters.